The van der Waals surface area contributed by atoms with Gasteiger partial charge in [-0.1, -0.05) is 367 Å². The smallest absolute Gasteiger partial charge is 0.462 e. The monoisotopic (exact) mass is 1320 g/mol. The Morgan fingerprint density at radius 1 is 0.323 bits per heavy atom. The molecule has 0 saturated heterocycles. The molecule has 0 bridgehead atoms. The number of rotatable bonds is 73. The van der Waals surface area contributed by atoms with Crippen molar-refractivity contribution in [1.82, 2.24) is 0 Å². The molecule has 0 fully saturated rings. The molecular weight excluding hydrogens is 1170 g/mol. The lowest BCUT2D eigenvalue weighted by atomic mass is 10.0. The van der Waals surface area contributed by atoms with E-state index < -0.39 is 26.5 Å². The molecule has 0 heterocycles. The Hall–Kier alpha value is -3.59. The van der Waals surface area contributed by atoms with Gasteiger partial charge in [-0.25, -0.2) is 4.57 Å². The van der Waals surface area contributed by atoms with E-state index in [0.29, 0.717) is 6.42 Å². The largest absolute Gasteiger partial charge is 0.472 e. The minimum Gasteiger partial charge on any atom is -0.462 e. The normalized spacial score (nSPS) is 13.5. The molecule has 0 aliphatic rings. The van der Waals surface area contributed by atoms with E-state index in [4.69, 9.17) is 24.3 Å². The van der Waals surface area contributed by atoms with Gasteiger partial charge in [0.25, 0.3) is 0 Å². The molecule has 0 aliphatic carbocycles. The highest BCUT2D eigenvalue weighted by molar-refractivity contribution is 7.47. The fourth-order valence-electron chi connectivity index (χ4n) is 11.2. The first kappa shape index (κ1) is 89.4. The van der Waals surface area contributed by atoms with E-state index in [9.17, 15) is 19.0 Å². The molecule has 10 heteroatoms. The van der Waals surface area contributed by atoms with Gasteiger partial charge in [0.2, 0.25) is 0 Å². The molecule has 0 amide bonds. The van der Waals surface area contributed by atoms with E-state index in [1.165, 1.54) is 225 Å². The molecule has 536 valence electrons. The Morgan fingerprint density at radius 3 is 0.828 bits per heavy atom. The quantitative estimate of drug-likeness (QED) is 0.0264. The number of carbonyl (C=O) groups is 2. The van der Waals surface area contributed by atoms with Gasteiger partial charge < -0.3 is 20.1 Å². The van der Waals surface area contributed by atoms with E-state index in [0.717, 1.165) is 103 Å². The first-order valence-corrected chi connectivity index (χ1v) is 40.5. The molecule has 0 aromatic carbocycles. The zero-order valence-electron chi connectivity index (χ0n) is 60.5. The number of carbonyl (C=O) groups excluding carboxylic acids is 2. The number of phosphoric acid groups is 1. The van der Waals surface area contributed by atoms with Crippen LogP contribution in [0.1, 0.15) is 361 Å². The third-order valence-electron chi connectivity index (χ3n) is 16.8. The molecule has 0 spiro atoms. The minimum atomic E-state index is -4.40. The average Bonchev–Trinajstić information content (AvgIpc) is 3.32. The lowest BCUT2D eigenvalue weighted by Gasteiger charge is -2.19. The van der Waals surface area contributed by atoms with E-state index in [-0.39, 0.29) is 38.6 Å². The zero-order valence-corrected chi connectivity index (χ0v) is 61.4. The number of unbranched alkanes of at least 4 members (excludes halogenated alkanes) is 40. The third kappa shape index (κ3) is 77.3. The Bertz CT molecular complexity index is 1950. The molecule has 93 heavy (non-hydrogen) atoms. The molecule has 3 N–H and O–H groups in total. The first-order valence-electron chi connectivity index (χ1n) is 39.0. The summed E-state index contributed by atoms with van der Waals surface area (Å²) in [5.41, 5.74) is 5.41. The van der Waals surface area contributed by atoms with E-state index in [1.807, 2.05) is 0 Å². The number of esters is 2. The Labute approximate surface area is 574 Å². The number of nitrogens with two attached hydrogens (primary N) is 1. The van der Waals surface area contributed by atoms with Crippen molar-refractivity contribution in [2.75, 3.05) is 26.4 Å². The summed E-state index contributed by atoms with van der Waals surface area (Å²) in [6, 6.07) is 0. The maximum absolute atomic E-state index is 12.8. The van der Waals surface area contributed by atoms with Gasteiger partial charge in [-0.2, -0.15) is 0 Å². The van der Waals surface area contributed by atoms with Gasteiger partial charge in [0.1, 0.15) is 6.61 Å². The van der Waals surface area contributed by atoms with Crippen LogP contribution in [0.2, 0.25) is 0 Å². The van der Waals surface area contributed by atoms with Crippen molar-refractivity contribution in [3.8, 4) is 0 Å². The van der Waals surface area contributed by atoms with Crippen LogP contribution in [-0.2, 0) is 32.7 Å². The lowest BCUT2D eigenvalue weighted by molar-refractivity contribution is -0.161. The molecule has 0 radical (unpaired) electrons. The van der Waals surface area contributed by atoms with Gasteiger partial charge in [-0.15, -0.1) is 0 Å². The molecular formula is C83H146NO8P. The highest BCUT2D eigenvalue weighted by Gasteiger charge is 2.26. The van der Waals surface area contributed by atoms with Crippen molar-refractivity contribution >= 4 is 19.8 Å². The van der Waals surface area contributed by atoms with Crippen LogP contribution < -0.4 is 5.73 Å². The summed E-state index contributed by atoms with van der Waals surface area (Å²) < 4.78 is 33.3. The number of phosphoric ester groups is 1. The predicted octanol–water partition coefficient (Wildman–Crippen LogP) is 26.2. The second-order valence-corrected chi connectivity index (χ2v) is 27.3. The van der Waals surface area contributed by atoms with E-state index >= 15 is 0 Å². The van der Waals surface area contributed by atoms with E-state index in [2.05, 4.69) is 135 Å². The van der Waals surface area contributed by atoms with Crippen molar-refractivity contribution in [3.63, 3.8) is 0 Å². The highest BCUT2D eigenvalue weighted by atomic mass is 31.2. The van der Waals surface area contributed by atoms with Crippen molar-refractivity contribution < 1.29 is 37.6 Å². The number of hydrogen-bond acceptors (Lipinski definition) is 8. The Morgan fingerprint density at radius 2 is 0.559 bits per heavy atom. The lowest BCUT2D eigenvalue weighted by Crippen LogP contribution is -2.29. The van der Waals surface area contributed by atoms with Crippen molar-refractivity contribution in [2.24, 2.45) is 5.73 Å². The standard InChI is InChI=1S/C83H146NO8P/c1-3-5-7-9-11-13-15-17-19-21-23-25-27-29-31-33-35-37-38-39-40-41-42-44-45-47-49-51-53-55-57-59-61-63-65-67-69-71-73-75-82(85)89-79-81(80-91-93(87,88)90-78-77-84)92-83(86)76-74-72-70-68-66-64-62-60-58-56-54-52-50-48-46-43-36-34-32-30-28-26-24-22-20-18-16-14-12-10-8-6-4-2/h5-8,11-14,17-20,23-26,30,32,36,43,81H,3-4,9-10,15-16,21-22,27-29,31,33-35,37-42,44-80,84H2,1-2H3,(H,87,88)/b7-5-,8-6-,13-11-,14-12-,19-17-,20-18-,25-23-,26-24-,32-30-,43-36-. The van der Waals surface area contributed by atoms with Crippen molar-refractivity contribution in [3.05, 3.63) is 122 Å². The van der Waals surface area contributed by atoms with Gasteiger partial charge in [-0.05, 0) is 103 Å². The molecule has 2 unspecified atom stereocenters. The van der Waals surface area contributed by atoms with Crippen LogP contribution in [0.5, 0.6) is 0 Å². The third-order valence-corrected chi connectivity index (χ3v) is 17.8. The molecule has 0 saturated carbocycles. The van der Waals surface area contributed by atoms with Gasteiger partial charge in [0, 0.05) is 19.4 Å². The highest BCUT2D eigenvalue weighted by Crippen LogP contribution is 2.43. The van der Waals surface area contributed by atoms with Crippen LogP contribution in [0.25, 0.3) is 0 Å². The van der Waals surface area contributed by atoms with Crippen LogP contribution in [0.3, 0.4) is 0 Å². The minimum absolute atomic E-state index is 0.0513. The van der Waals surface area contributed by atoms with Crippen LogP contribution >= 0.6 is 7.82 Å². The second kappa shape index (κ2) is 77.4. The molecule has 0 aromatic heterocycles. The van der Waals surface area contributed by atoms with E-state index in [1.54, 1.807) is 0 Å². The van der Waals surface area contributed by atoms with Crippen LogP contribution in [-0.4, -0.2) is 49.3 Å². The molecule has 0 aliphatic heterocycles. The summed E-state index contributed by atoms with van der Waals surface area (Å²) in [6.07, 6.45) is 109. The van der Waals surface area contributed by atoms with Crippen LogP contribution in [0.4, 0.5) is 0 Å². The summed E-state index contributed by atoms with van der Waals surface area (Å²) in [6.45, 7) is 3.56. The SMILES string of the molecule is CC/C=C\C/C=C\C/C=C\C/C=C\C/C=C\C/C=C\CCCCCCCCCCCCCCCCC(=O)OC(COC(=O)CCCCCCCCCCCCCCCCCCCCCCCCCCCC/C=C\C/C=C\C/C=C\C/C=C\CC)COP(=O)(O)OCCN. The Kier molecular flexibility index (Phi) is 74.4. The Balaban J connectivity index is 3.80. The van der Waals surface area contributed by atoms with Crippen molar-refractivity contribution in [2.45, 2.75) is 367 Å². The molecule has 9 nitrogen and oxygen atoms in total. The number of ether oxygens (including phenoxy) is 2. The van der Waals surface area contributed by atoms with Gasteiger partial charge in [0.05, 0.1) is 13.2 Å². The summed E-state index contributed by atoms with van der Waals surface area (Å²) >= 11 is 0. The maximum atomic E-state index is 12.8. The summed E-state index contributed by atoms with van der Waals surface area (Å²) in [7, 11) is -4.40. The van der Waals surface area contributed by atoms with Crippen LogP contribution in [0, 0.1) is 0 Å². The number of hydrogen-bond donors (Lipinski definition) is 2. The predicted molar refractivity (Wildman–Crippen MR) is 404 cm³/mol. The maximum Gasteiger partial charge on any atom is 0.472 e. The van der Waals surface area contributed by atoms with Crippen molar-refractivity contribution in [1.29, 1.82) is 0 Å². The average molecular weight is 1320 g/mol. The van der Waals surface area contributed by atoms with Gasteiger partial charge in [0.15, 0.2) is 6.10 Å². The fraction of sp³-hybridized carbons (Fsp3) is 0.735. The topological polar surface area (TPSA) is 134 Å². The molecule has 0 rings (SSSR count). The molecule has 0 aromatic rings. The number of allylic oxidation sites excluding steroid dienone is 20. The summed E-state index contributed by atoms with van der Waals surface area (Å²) in [5, 5.41) is 0. The molecule has 2 atom stereocenters. The zero-order chi connectivity index (χ0) is 67.2. The summed E-state index contributed by atoms with van der Waals surface area (Å²) in [4.78, 5) is 35.5. The fourth-order valence-corrected chi connectivity index (χ4v) is 11.9. The van der Waals surface area contributed by atoms with Gasteiger partial charge in [-0.3, -0.25) is 18.6 Å². The van der Waals surface area contributed by atoms with Crippen LogP contribution in [0.15, 0.2) is 122 Å². The first-order chi connectivity index (χ1) is 45.8. The van der Waals surface area contributed by atoms with Gasteiger partial charge >= 0.3 is 19.8 Å². The summed E-state index contributed by atoms with van der Waals surface area (Å²) in [5.74, 6) is -0.816. The second-order valence-electron chi connectivity index (χ2n) is 25.8.